The molecule has 1 N–H and O–H groups in total. The summed E-state index contributed by atoms with van der Waals surface area (Å²) in [4.78, 5) is 11.9. The van der Waals surface area contributed by atoms with Crippen molar-refractivity contribution < 1.29 is 4.74 Å². The zero-order chi connectivity index (χ0) is 20.3. The van der Waals surface area contributed by atoms with Crippen molar-refractivity contribution >= 4 is 29.9 Å². The van der Waals surface area contributed by atoms with Gasteiger partial charge in [-0.25, -0.2) is 0 Å². The summed E-state index contributed by atoms with van der Waals surface area (Å²) in [5.74, 6) is 1.64. The first-order valence-corrected chi connectivity index (χ1v) is 11.2. The van der Waals surface area contributed by atoms with E-state index in [9.17, 15) is 0 Å². The number of unbranched alkanes of at least 4 members (excludes halogenated alkanes) is 1. The van der Waals surface area contributed by atoms with Crippen molar-refractivity contribution in [1.82, 2.24) is 20.0 Å². The van der Waals surface area contributed by atoms with Crippen LogP contribution in [0.25, 0.3) is 0 Å². The summed E-state index contributed by atoms with van der Waals surface area (Å²) < 4.78 is 5.48. The second-order valence-corrected chi connectivity index (χ2v) is 8.39. The van der Waals surface area contributed by atoms with Crippen LogP contribution in [-0.2, 0) is 11.3 Å². The average Bonchev–Trinajstić information content (AvgIpc) is 3.25. The van der Waals surface area contributed by atoms with E-state index in [1.54, 1.807) is 0 Å². The summed E-state index contributed by atoms with van der Waals surface area (Å²) in [6.07, 6.45) is 3.59. The van der Waals surface area contributed by atoms with Crippen LogP contribution in [0.3, 0.4) is 0 Å². The van der Waals surface area contributed by atoms with E-state index >= 15 is 0 Å². The van der Waals surface area contributed by atoms with E-state index in [0.717, 1.165) is 38.8 Å². The van der Waals surface area contributed by atoms with Crippen LogP contribution in [0, 0.1) is 5.92 Å². The van der Waals surface area contributed by atoms with E-state index in [2.05, 4.69) is 62.4 Å². The molecule has 1 aromatic rings. The number of nitrogens with zero attached hydrogens (tertiary/aromatic N) is 4. The number of hydrogen-bond donors (Lipinski definition) is 1. The van der Waals surface area contributed by atoms with Gasteiger partial charge in [-0.15, -0.1) is 24.0 Å². The molecule has 1 unspecified atom stereocenters. The minimum Gasteiger partial charge on any atom is -0.381 e. The summed E-state index contributed by atoms with van der Waals surface area (Å²) in [6.45, 7) is 10.8. The van der Waals surface area contributed by atoms with E-state index in [1.165, 1.54) is 57.5 Å². The highest BCUT2D eigenvalue weighted by Crippen LogP contribution is 2.13. The molecule has 1 aromatic carbocycles. The topological polar surface area (TPSA) is 43.3 Å². The zero-order valence-corrected chi connectivity index (χ0v) is 21.1. The Morgan fingerprint density at radius 3 is 2.53 bits per heavy atom. The fraction of sp³-hybridized carbons (Fsp3) is 0.696. The van der Waals surface area contributed by atoms with Crippen LogP contribution in [-0.4, -0.2) is 93.8 Å². The maximum atomic E-state index is 5.48. The lowest BCUT2D eigenvalue weighted by molar-refractivity contribution is 0.126. The van der Waals surface area contributed by atoms with Gasteiger partial charge in [-0.1, -0.05) is 30.3 Å². The molecule has 0 radical (unpaired) electrons. The Hall–Kier alpha value is -0.900. The summed E-state index contributed by atoms with van der Waals surface area (Å²) in [5.41, 5.74) is 1.42. The smallest absolute Gasteiger partial charge is 0.193 e. The summed E-state index contributed by atoms with van der Waals surface area (Å²) in [5, 5.41) is 3.52. The van der Waals surface area contributed by atoms with E-state index in [-0.39, 0.29) is 24.0 Å². The third-order valence-electron chi connectivity index (χ3n) is 6.03. The van der Waals surface area contributed by atoms with Crippen LogP contribution >= 0.6 is 24.0 Å². The minimum atomic E-state index is 0. The van der Waals surface area contributed by atoms with Crippen molar-refractivity contribution in [2.45, 2.75) is 25.8 Å². The molecule has 2 heterocycles. The maximum Gasteiger partial charge on any atom is 0.193 e. The normalized spacial score (nSPS) is 20.7. The lowest BCUT2D eigenvalue weighted by Gasteiger charge is -2.34. The number of nitrogens with one attached hydrogen (secondary N) is 1. The highest BCUT2D eigenvalue weighted by atomic mass is 127. The molecule has 6 nitrogen and oxygen atoms in total. The van der Waals surface area contributed by atoms with E-state index in [1.807, 2.05) is 7.05 Å². The fourth-order valence-electron chi connectivity index (χ4n) is 4.26. The second kappa shape index (κ2) is 14.2. The number of ether oxygens (including phenoxy) is 1. The van der Waals surface area contributed by atoms with Gasteiger partial charge in [0.25, 0.3) is 0 Å². The number of hydrogen-bond acceptors (Lipinski definition) is 4. The molecule has 2 fully saturated rings. The molecule has 2 aliphatic rings. The SMILES string of the molecule is CN=C(NCCCCN1CCN(Cc2ccccc2)CC1)N(C)CC1CCOC1.I. The van der Waals surface area contributed by atoms with Crippen molar-refractivity contribution in [3.63, 3.8) is 0 Å². The van der Waals surface area contributed by atoms with Crippen molar-refractivity contribution in [2.24, 2.45) is 10.9 Å². The maximum absolute atomic E-state index is 5.48. The Morgan fingerprint density at radius 1 is 1.13 bits per heavy atom. The molecule has 7 heteroatoms. The third kappa shape index (κ3) is 8.69. The summed E-state index contributed by atoms with van der Waals surface area (Å²) >= 11 is 0. The van der Waals surface area contributed by atoms with Crippen molar-refractivity contribution in [3.05, 3.63) is 35.9 Å². The Labute approximate surface area is 200 Å². The third-order valence-corrected chi connectivity index (χ3v) is 6.03. The molecule has 3 rings (SSSR count). The second-order valence-electron chi connectivity index (χ2n) is 8.39. The first kappa shape index (κ1) is 25.4. The highest BCUT2D eigenvalue weighted by molar-refractivity contribution is 14.0. The van der Waals surface area contributed by atoms with Crippen LogP contribution in [0.4, 0.5) is 0 Å². The van der Waals surface area contributed by atoms with E-state index in [0.29, 0.717) is 5.92 Å². The molecular formula is C23H40IN5O. The molecule has 0 aliphatic carbocycles. The van der Waals surface area contributed by atoms with Gasteiger partial charge in [0, 0.05) is 72.4 Å². The van der Waals surface area contributed by atoms with Crippen molar-refractivity contribution in [3.8, 4) is 0 Å². The zero-order valence-electron chi connectivity index (χ0n) is 18.8. The Balaban J connectivity index is 0.00000320. The quantitative estimate of drug-likeness (QED) is 0.231. The van der Waals surface area contributed by atoms with Gasteiger partial charge in [0.05, 0.1) is 6.61 Å². The number of halogens is 1. The lowest BCUT2D eigenvalue weighted by atomic mass is 10.1. The number of guanidine groups is 1. The molecule has 30 heavy (non-hydrogen) atoms. The number of piperazine rings is 1. The van der Waals surface area contributed by atoms with Crippen LogP contribution in [0.1, 0.15) is 24.8 Å². The van der Waals surface area contributed by atoms with Crippen molar-refractivity contribution in [1.29, 1.82) is 0 Å². The first-order valence-electron chi connectivity index (χ1n) is 11.2. The van der Waals surface area contributed by atoms with E-state index < -0.39 is 0 Å². The van der Waals surface area contributed by atoms with Crippen molar-refractivity contribution in [2.75, 3.05) is 73.1 Å². The molecule has 0 bridgehead atoms. The van der Waals surface area contributed by atoms with Crippen LogP contribution in [0.2, 0.25) is 0 Å². The molecular weight excluding hydrogens is 489 g/mol. The fourth-order valence-corrected chi connectivity index (χ4v) is 4.26. The Morgan fingerprint density at radius 2 is 1.87 bits per heavy atom. The molecule has 2 saturated heterocycles. The van der Waals surface area contributed by atoms with Gasteiger partial charge >= 0.3 is 0 Å². The minimum absolute atomic E-state index is 0. The molecule has 0 spiro atoms. The predicted octanol–water partition coefficient (Wildman–Crippen LogP) is 2.75. The first-order chi connectivity index (χ1) is 14.2. The molecule has 0 amide bonds. The number of rotatable bonds is 9. The molecule has 170 valence electrons. The summed E-state index contributed by atoms with van der Waals surface area (Å²) in [7, 11) is 4.00. The molecule has 0 aromatic heterocycles. The molecule has 1 atom stereocenters. The van der Waals surface area contributed by atoms with Gasteiger partial charge < -0.3 is 19.9 Å². The molecule has 0 saturated carbocycles. The van der Waals surface area contributed by atoms with Gasteiger partial charge in [0.15, 0.2) is 5.96 Å². The Bertz CT molecular complexity index is 601. The van der Waals surface area contributed by atoms with Gasteiger partial charge in [-0.2, -0.15) is 0 Å². The van der Waals surface area contributed by atoms with Gasteiger partial charge in [0.1, 0.15) is 0 Å². The summed E-state index contributed by atoms with van der Waals surface area (Å²) in [6, 6.07) is 10.8. The van der Waals surface area contributed by atoms with E-state index in [4.69, 9.17) is 4.74 Å². The largest absolute Gasteiger partial charge is 0.381 e. The van der Waals surface area contributed by atoms with Crippen LogP contribution in [0.5, 0.6) is 0 Å². The highest BCUT2D eigenvalue weighted by Gasteiger charge is 2.19. The monoisotopic (exact) mass is 529 g/mol. The lowest BCUT2D eigenvalue weighted by Crippen LogP contribution is -2.46. The Kier molecular flexibility index (Phi) is 12.0. The molecule has 2 aliphatic heterocycles. The van der Waals surface area contributed by atoms with Gasteiger partial charge in [0.2, 0.25) is 0 Å². The number of aliphatic imine (C=N–C) groups is 1. The van der Waals surface area contributed by atoms with Gasteiger partial charge in [-0.3, -0.25) is 9.89 Å². The van der Waals surface area contributed by atoms with Crippen LogP contribution in [0.15, 0.2) is 35.3 Å². The van der Waals surface area contributed by atoms with Crippen LogP contribution < -0.4 is 5.32 Å². The van der Waals surface area contributed by atoms with Gasteiger partial charge in [-0.05, 0) is 31.4 Å². The number of benzene rings is 1. The standard InChI is InChI=1S/C23H39N5O.HI/c1-24-23(26(2)18-22-10-17-29-20-22)25-11-6-7-12-27-13-15-28(16-14-27)19-21-8-4-3-5-9-21;/h3-5,8-9,22H,6-7,10-20H2,1-2H3,(H,24,25);1H. The average molecular weight is 530 g/mol. The predicted molar refractivity (Wildman–Crippen MR) is 136 cm³/mol.